The highest BCUT2D eigenvalue weighted by Crippen LogP contribution is 2.38. The second kappa shape index (κ2) is 4.69. The lowest BCUT2D eigenvalue weighted by molar-refractivity contribution is 0.544. The molecule has 0 N–H and O–H groups in total. The van der Waals surface area contributed by atoms with Gasteiger partial charge in [0.25, 0.3) is 0 Å². The summed E-state index contributed by atoms with van der Waals surface area (Å²) >= 11 is 6.10. The molecule has 0 amide bonds. The third kappa shape index (κ3) is 3.14. The zero-order valence-corrected chi connectivity index (χ0v) is 12.6. The molecule has 1 aromatic heterocycles. The second-order valence-electron chi connectivity index (χ2n) is 6.48. The lowest BCUT2D eigenvalue weighted by atomic mass is 9.96. The number of hydrogen-bond donors (Lipinski definition) is 0. The van der Waals surface area contributed by atoms with Crippen molar-refractivity contribution in [3.05, 3.63) is 17.0 Å². The first-order chi connectivity index (χ1) is 8.27. The Morgan fingerprint density at radius 1 is 1.39 bits per heavy atom. The molecule has 3 nitrogen and oxygen atoms in total. The van der Waals surface area contributed by atoms with Gasteiger partial charge in [-0.1, -0.05) is 39.3 Å². The maximum absolute atomic E-state index is 6.10. The Bertz CT molecular complexity index is 439. The van der Waals surface area contributed by atoms with Crippen LogP contribution in [-0.4, -0.2) is 23.6 Å². The average molecular weight is 268 g/mol. The van der Waals surface area contributed by atoms with Crippen LogP contribution in [-0.2, 0) is 5.41 Å². The van der Waals surface area contributed by atoms with E-state index in [2.05, 4.69) is 49.6 Å². The molecule has 2 rings (SSSR count). The van der Waals surface area contributed by atoms with E-state index in [4.69, 9.17) is 11.6 Å². The van der Waals surface area contributed by atoms with Gasteiger partial charge in [0.2, 0.25) is 0 Å². The molecule has 1 aromatic rings. The van der Waals surface area contributed by atoms with Crippen LogP contribution in [0.4, 0.5) is 5.82 Å². The van der Waals surface area contributed by atoms with Crippen LogP contribution in [0, 0.1) is 11.8 Å². The van der Waals surface area contributed by atoms with Gasteiger partial charge in [0.05, 0.1) is 0 Å². The number of halogens is 1. The van der Waals surface area contributed by atoms with Gasteiger partial charge >= 0.3 is 0 Å². The summed E-state index contributed by atoms with van der Waals surface area (Å²) in [5, 5.41) is 0.528. The average Bonchev–Trinajstić information content (AvgIpc) is 2.92. The molecule has 0 saturated heterocycles. The van der Waals surface area contributed by atoms with Crippen LogP contribution in [0.5, 0.6) is 0 Å². The Morgan fingerprint density at radius 3 is 2.50 bits per heavy atom. The summed E-state index contributed by atoms with van der Waals surface area (Å²) < 4.78 is 0. The minimum absolute atomic E-state index is 0.0760. The van der Waals surface area contributed by atoms with Crippen molar-refractivity contribution in [2.45, 2.75) is 39.5 Å². The summed E-state index contributed by atoms with van der Waals surface area (Å²) in [6.45, 7) is 9.66. The van der Waals surface area contributed by atoms with Crippen LogP contribution in [0.15, 0.2) is 6.07 Å². The summed E-state index contributed by atoms with van der Waals surface area (Å²) in [7, 11) is 2.08. The smallest absolute Gasteiger partial charge is 0.137 e. The lowest BCUT2D eigenvalue weighted by Crippen LogP contribution is -2.24. The van der Waals surface area contributed by atoms with Crippen LogP contribution < -0.4 is 4.90 Å². The number of hydrogen-bond acceptors (Lipinski definition) is 3. The summed E-state index contributed by atoms with van der Waals surface area (Å²) in [5.74, 6) is 3.40. The van der Waals surface area contributed by atoms with Gasteiger partial charge in [0.15, 0.2) is 0 Å². The van der Waals surface area contributed by atoms with Gasteiger partial charge in [-0.3, -0.25) is 0 Å². The summed E-state index contributed by atoms with van der Waals surface area (Å²) in [5.41, 5.74) is -0.0760. The van der Waals surface area contributed by atoms with E-state index in [0.29, 0.717) is 5.15 Å². The molecule has 0 aliphatic heterocycles. The molecule has 2 atom stereocenters. The van der Waals surface area contributed by atoms with E-state index in [0.717, 1.165) is 30.0 Å². The highest BCUT2D eigenvalue weighted by atomic mass is 35.5. The molecule has 18 heavy (non-hydrogen) atoms. The van der Waals surface area contributed by atoms with Gasteiger partial charge in [-0.2, -0.15) is 0 Å². The molecular weight excluding hydrogens is 246 g/mol. The summed E-state index contributed by atoms with van der Waals surface area (Å²) in [6, 6.07) is 1.85. The van der Waals surface area contributed by atoms with Crippen LogP contribution >= 0.6 is 11.6 Å². The van der Waals surface area contributed by atoms with Crippen molar-refractivity contribution in [2.75, 3.05) is 18.5 Å². The zero-order chi connectivity index (χ0) is 13.5. The predicted octanol–water partition coefficient (Wildman–Crippen LogP) is 3.52. The fraction of sp³-hybridized carbons (Fsp3) is 0.714. The van der Waals surface area contributed by atoms with Gasteiger partial charge in [0, 0.05) is 25.1 Å². The molecule has 1 aliphatic rings. The predicted molar refractivity (Wildman–Crippen MR) is 76.3 cm³/mol. The molecule has 1 heterocycles. The van der Waals surface area contributed by atoms with Gasteiger partial charge in [0.1, 0.15) is 16.8 Å². The summed E-state index contributed by atoms with van der Waals surface area (Å²) in [4.78, 5) is 11.2. The first kappa shape index (κ1) is 13.6. The first-order valence-corrected chi connectivity index (χ1v) is 6.91. The Balaban J connectivity index is 2.19. The molecule has 0 aromatic carbocycles. The maximum Gasteiger partial charge on any atom is 0.137 e. The van der Waals surface area contributed by atoms with Gasteiger partial charge < -0.3 is 4.90 Å². The van der Waals surface area contributed by atoms with E-state index in [1.165, 1.54) is 6.42 Å². The highest BCUT2D eigenvalue weighted by Gasteiger charge is 2.33. The van der Waals surface area contributed by atoms with Crippen molar-refractivity contribution < 1.29 is 0 Å². The molecular formula is C14H22ClN3. The molecule has 0 bridgehead atoms. The van der Waals surface area contributed by atoms with E-state index in [-0.39, 0.29) is 5.41 Å². The largest absolute Gasteiger partial charge is 0.359 e. The fourth-order valence-corrected chi connectivity index (χ4v) is 2.21. The molecule has 1 saturated carbocycles. The molecule has 0 spiro atoms. The van der Waals surface area contributed by atoms with Crippen molar-refractivity contribution in [1.82, 2.24) is 9.97 Å². The number of nitrogens with zero attached hydrogens (tertiary/aromatic N) is 3. The van der Waals surface area contributed by atoms with Crippen molar-refractivity contribution in [3.63, 3.8) is 0 Å². The van der Waals surface area contributed by atoms with Crippen molar-refractivity contribution in [2.24, 2.45) is 11.8 Å². The molecule has 1 aliphatic carbocycles. The minimum Gasteiger partial charge on any atom is -0.359 e. The van der Waals surface area contributed by atoms with Crippen LogP contribution in [0.1, 0.15) is 39.9 Å². The van der Waals surface area contributed by atoms with E-state index in [1.807, 2.05) is 6.07 Å². The second-order valence-corrected chi connectivity index (χ2v) is 6.86. The minimum atomic E-state index is -0.0760. The van der Waals surface area contributed by atoms with Crippen molar-refractivity contribution >= 4 is 17.4 Å². The number of anilines is 1. The van der Waals surface area contributed by atoms with E-state index < -0.39 is 0 Å². The highest BCUT2D eigenvalue weighted by molar-refractivity contribution is 6.29. The van der Waals surface area contributed by atoms with Crippen molar-refractivity contribution in [1.29, 1.82) is 0 Å². The monoisotopic (exact) mass is 267 g/mol. The first-order valence-electron chi connectivity index (χ1n) is 6.53. The maximum atomic E-state index is 6.10. The van der Waals surface area contributed by atoms with E-state index >= 15 is 0 Å². The van der Waals surface area contributed by atoms with Crippen LogP contribution in [0.2, 0.25) is 5.15 Å². The number of aromatic nitrogens is 2. The lowest BCUT2D eigenvalue weighted by Gasteiger charge is -2.22. The Hall–Kier alpha value is -0.830. The van der Waals surface area contributed by atoms with Crippen molar-refractivity contribution in [3.8, 4) is 0 Å². The third-order valence-electron chi connectivity index (χ3n) is 3.53. The Kier molecular flexibility index (Phi) is 3.54. The molecule has 2 unspecified atom stereocenters. The SMILES string of the molecule is CC1CC1CN(C)c1cc(Cl)nc(C(C)(C)C)n1. The standard InChI is InChI=1S/C14H22ClN3/c1-9-6-10(9)8-18(5)12-7-11(15)16-13(17-12)14(2,3)4/h7,9-10H,6,8H2,1-5H3. The Labute approximate surface area is 115 Å². The molecule has 1 fully saturated rings. The number of rotatable bonds is 3. The fourth-order valence-electron chi connectivity index (χ4n) is 2.04. The topological polar surface area (TPSA) is 29.0 Å². The van der Waals surface area contributed by atoms with E-state index in [1.54, 1.807) is 0 Å². The van der Waals surface area contributed by atoms with Crippen LogP contribution in [0.3, 0.4) is 0 Å². The van der Waals surface area contributed by atoms with Gasteiger partial charge in [-0.25, -0.2) is 9.97 Å². The zero-order valence-electron chi connectivity index (χ0n) is 11.9. The molecule has 4 heteroatoms. The normalized spacial score (nSPS) is 23.0. The quantitative estimate of drug-likeness (QED) is 0.785. The molecule has 100 valence electrons. The van der Waals surface area contributed by atoms with Gasteiger partial charge in [-0.05, 0) is 18.3 Å². The third-order valence-corrected chi connectivity index (χ3v) is 3.72. The Morgan fingerprint density at radius 2 is 2.00 bits per heavy atom. The van der Waals surface area contributed by atoms with Crippen LogP contribution in [0.25, 0.3) is 0 Å². The molecule has 0 radical (unpaired) electrons. The van der Waals surface area contributed by atoms with E-state index in [9.17, 15) is 0 Å². The summed E-state index contributed by atoms with van der Waals surface area (Å²) in [6.07, 6.45) is 1.33. The van der Waals surface area contributed by atoms with Gasteiger partial charge in [-0.15, -0.1) is 0 Å².